The zero-order chi connectivity index (χ0) is 24.5. The first-order chi connectivity index (χ1) is 17.7. The number of hydrogen-bond donors (Lipinski definition) is 0. The highest BCUT2D eigenvalue weighted by Crippen LogP contribution is 2.35. The van der Waals surface area contributed by atoms with E-state index in [0.717, 1.165) is 38.3 Å². The Morgan fingerprint density at radius 2 is 1.64 bits per heavy atom. The Kier molecular flexibility index (Phi) is 6.45. The minimum absolute atomic E-state index is 0.0919. The van der Waals surface area contributed by atoms with Gasteiger partial charge in [-0.25, -0.2) is 4.98 Å². The van der Waals surface area contributed by atoms with Gasteiger partial charge in [0.1, 0.15) is 4.83 Å². The van der Waals surface area contributed by atoms with Crippen molar-refractivity contribution in [2.24, 2.45) is 5.92 Å². The molecule has 1 fully saturated rings. The average Bonchev–Trinajstić information content (AvgIpc) is 3.31. The normalized spacial score (nSPS) is 16.4. The molecule has 3 heterocycles. The first kappa shape index (κ1) is 23.2. The maximum absolute atomic E-state index is 13.9. The van der Waals surface area contributed by atoms with E-state index in [2.05, 4.69) is 0 Å². The Morgan fingerprint density at radius 3 is 2.31 bits per heavy atom. The van der Waals surface area contributed by atoms with Gasteiger partial charge in [-0.2, -0.15) is 0 Å². The second-order valence-corrected chi connectivity index (χ2v) is 11.2. The first-order valence-corrected chi connectivity index (χ1v) is 13.9. The fourth-order valence-corrected chi connectivity index (χ4v) is 7.13. The minimum atomic E-state index is -0.339. The first-order valence-electron chi connectivity index (χ1n) is 13.1. The van der Waals surface area contributed by atoms with Gasteiger partial charge in [0.25, 0.3) is 5.56 Å². The van der Waals surface area contributed by atoms with Gasteiger partial charge in [0, 0.05) is 18.0 Å². The zero-order valence-corrected chi connectivity index (χ0v) is 21.3. The number of thiophene rings is 1. The Balaban J connectivity index is 1.29. The summed E-state index contributed by atoms with van der Waals surface area (Å²) in [6.07, 6.45) is 8.68. The number of aromatic nitrogens is 2. The lowest BCUT2D eigenvalue weighted by Gasteiger charge is -2.31. The summed E-state index contributed by atoms with van der Waals surface area (Å²) in [5, 5.41) is 0.781. The van der Waals surface area contributed by atoms with Crippen molar-refractivity contribution in [3.63, 3.8) is 0 Å². The predicted octanol–water partition coefficient (Wildman–Crippen LogP) is 5.76. The van der Waals surface area contributed by atoms with Gasteiger partial charge in [-0.15, -0.1) is 11.3 Å². The molecule has 4 aromatic rings. The molecular formula is C30H31N3O2S. The van der Waals surface area contributed by atoms with E-state index in [0.29, 0.717) is 25.4 Å². The molecule has 2 aromatic carbocycles. The van der Waals surface area contributed by atoms with Crippen LogP contribution < -0.4 is 5.56 Å². The van der Waals surface area contributed by atoms with Crippen LogP contribution in [0.15, 0.2) is 71.8 Å². The van der Waals surface area contributed by atoms with Crippen LogP contribution in [0.4, 0.5) is 0 Å². The average molecular weight is 498 g/mol. The van der Waals surface area contributed by atoms with Crippen LogP contribution in [-0.4, -0.2) is 26.9 Å². The van der Waals surface area contributed by atoms with Gasteiger partial charge in [-0.05, 0) is 41.9 Å². The number of hydrogen-bond acceptors (Lipinski definition) is 4. The van der Waals surface area contributed by atoms with E-state index < -0.39 is 0 Å². The van der Waals surface area contributed by atoms with Gasteiger partial charge >= 0.3 is 0 Å². The minimum Gasteiger partial charge on any atom is -0.336 e. The highest BCUT2D eigenvalue weighted by atomic mass is 32.1. The molecule has 0 atom stereocenters. The lowest BCUT2D eigenvalue weighted by atomic mass is 9.89. The van der Waals surface area contributed by atoms with Crippen LogP contribution in [0.5, 0.6) is 0 Å². The maximum atomic E-state index is 13.9. The Morgan fingerprint density at radius 1 is 0.972 bits per heavy atom. The number of benzene rings is 2. The molecule has 0 bridgehead atoms. The SMILES string of the molecule is O=C(C(c1ccccc1)c1ccccc1)N1CCc2c(sc3ncn(CC4CCCCC4)c(=O)c23)C1. The molecule has 0 spiro atoms. The number of fused-ring (bicyclic) bond motifs is 3. The van der Waals surface area contributed by atoms with Crippen molar-refractivity contribution in [3.05, 3.63) is 98.9 Å². The number of nitrogens with zero attached hydrogens (tertiary/aromatic N) is 3. The molecule has 0 unspecified atom stereocenters. The topological polar surface area (TPSA) is 55.2 Å². The molecule has 36 heavy (non-hydrogen) atoms. The van der Waals surface area contributed by atoms with E-state index in [1.54, 1.807) is 17.7 Å². The van der Waals surface area contributed by atoms with E-state index in [1.807, 2.05) is 70.1 Å². The van der Waals surface area contributed by atoms with Gasteiger partial charge < -0.3 is 4.90 Å². The third-order valence-corrected chi connectivity index (χ3v) is 8.96. The smallest absolute Gasteiger partial charge is 0.262 e. The monoisotopic (exact) mass is 497 g/mol. The zero-order valence-electron chi connectivity index (χ0n) is 20.4. The molecule has 1 aliphatic carbocycles. The molecule has 1 saturated carbocycles. The van der Waals surface area contributed by atoms with Crippen LogP contribution >= 0.6 is 11.3 Å². The van der Waals surface area contributed by atoms with Gasteiger partial charge in [-0.1, -0.05) is 79.9 Å². The van der Waals surface area contributed by atoms with Gasteiger partial charge in [0.2, 0.25) is 5.91 Å². The van der Waals surface area contributed by atoms with E-state index in [9.17, 15) is 9.59 Å². The summed E-state index contributed by atoms with van der Waals surface area (Å²) in [5.74, 6) is 0.346. The van der Waals surface area contributed by atoms with Crippen LogP contribution in [0.1, 0.15) is 59.6 Å². The fourth-order valence-electron chi connectivity index (χ4n) is 5.94. The molecule has 184 valence electrons. The lowest BCUT2D eigenvalue weighted by molar-refractivity contribution is -0.132. The molecular weight excluding hydrogens is 466 g/mol. The summed E-state index contributed by atoms with van der Waals surface area (Å²) in [7, 11) is 0. The molecule has 1 amide bonds. The van der Waals surface area contributed by atoms with Gasteiger partial charge in [-0.3, -0.25) is 14.2 Å². The van der Waals surface area contributed by atoms with Gasteiger partial charge in [0.15, 0.2) is 0 Å². The standard InChI is InChI=1S/C30H31N3O2S/c34-29(26(22-12-6-2-7-13-22)23-14-8-3-9-15-23)32-17-16-24-25(19-32)36-28-27(24)30(35)33(20-31-28)18-21-10-4-1-5-11-21/h2-3,6-9,12-15,20-21,26H,1,4-5,10-11,16-19H2. The summed E-state index contributed by atoms with van der Waals surface area (Å²) in [6.45, 7) is 1.92. The summed E-state index contributed by atoms with van der Waals surface area (Å²) >= 11 is 1.57. The maximum Gasteiger partial charge on any atom is 0.262 e. The molecule has 6 rings (SSSR count). The molecule has 1 aliphatic heterocycles. The number of rotatable bonds is 5. The van der Waals surface area contributed by atoms with Crippen molar-refractivity contribution < 1.29 is 4.79 Å². The van der Waals surface area contributed by atoms with Crippen molar-refractivity contribution in [1.29, 1.82) is 0 Å². The number of amides is 1. The molecule has 0 N–H and O–H groups in total. The quantitative estimate of drug-likeness (QED) is 0.353. The molecule has 2 aromatic heterocycles. The second kappa shape index (κ2) is 10.0. The van der Waals surface area contributed by atoms with Crippen molar-refractivity contribution in [2.75, 3.05) is 6.54 Å². The third-order valence-electron chi connectivity index (χ3n) is 7.83. The largest absolute Gasteiger partial charge is 0.336 e. The summed E-state index contributed by atoms with van der Waals surface area (Å²) < 4.78 is 1.84. The number of carbonyl (C=O) groups excluding carboxylic acids is 1. The van der Waals surface area contributed by atoms with E-state index in [1.165, 1.54) is 32.1 Å². The van der Waals surface area contributed by atoms with Crippen LogP contribution in [-0.2, 0) is 24.3 Å². The fraction of sp³-hybridized carbons (Fsp3) is 0.367. The van der Waals surface area contributed by atoms with E-state index in [-0.39, 0.29) is 17.4 Å². The van der Waals surface area contributed by atoms with Crippen molar-refractivity contribution in [2.45, 2.75) is 57.5 Å². The summed E-state index contributed by atoms with van der Waals surface area (Å²) in [5.41, 5.74) is 3.20. The van der Waals surface area contributed by atoms with E-state index >= 15 is 0 Å². The van der Waals surface area contributed by atoms with Crippen molar-refractivity contribution in [1.82, 2.24) is 14.5 Å². The molecule has 0 saturated heterocycles. The number of carbonyl (C=O) groups is 1. The highest BCUT2D eigenvalue weighted by Gasteiger charge is 2.32. The molecule has 0 radical (unpaired) electrons. The predicted molar refractivity (Wildman–Crippen MR) is 144 cm³/mol. The Bertz CT molecular complexity index is 1380. The van der Waals surface area contributed by atoms with Crippen LogP contribution in [0, 0.1) is 5.92 Å². The molecule has 2 aliphatic rings. The van der Waals surface area contributed by atoms with Crippen molar-refractivity contribution >= 4 is 27.5 Å². The summed E-state index contributed by atoms with van der Waals surface area (Å²) in [4.78, 5) is 36.0. The second-order valence-electron chi connectivity index (χ2n) is 10.2. The van der Waals surface area contributed by atoms with E-state index in [4.69, 9.17) is 4.98 Å². The van der Waals surface area contributed by atoms with Crippen LogP contribution in [0.2, 0.25) is 0 Å². The van der Waals surface area contributed by atoms with Crippen LogP contribution in [0.25, 0.3) is 10.2 Å². The Labute approximate surface area is 215 Å². The van der Waals surface area contributed by atoms with Gasteiger partial charge in [0.05, 0.1) is 24.2 Å². The summed E-state index contributed by atoms with van der Waals surface area (Å²) in [6, 6.07) is 20.0. The van der Waals surface area contributed by atoms with Crippen molar-refractivity contribution in [3.8, 4) is 0 Å². The highest BCUT2D eigenvalue weighted by molar-refractivity contribution is 7.18. The lowest BCUT2D eigenvalue weighted by Crippen LogP contribution is -2.39. The third kappa shape index (κ3) is 4.39. The Hall–Kier alpha value is -3.25. The molecule has 6 heteroatoms. The molecule has 5 nitrogen and oxygen atoms in total. The van der Waals surface area contributed by atoms with Crippen LogP contribution in [0.3, 0.4) is 0 Å².